The summed E-state index contributed by atoms with van der Waals surface area (Å²) in [7, 11) is 1.52. The fraction of sp³-hybridized carbons (Fsp3) is 0.182. The Morgan fingerprint density at radius 1 is 1.38 bits per heavy atom. The summed E-state index contributed by atoms with van der Waals surface area (Å²) in [6.07, 6.45) is -0.154. The second-order valence-corrected chi connectivity index (χ2v) is 3.62. The number of hydrogen-bond donors (Lipinski definition) is 1. The van der Waals surface area contributed by atoms with Gasteiger partial charge >= 0.3 is 5.97 Å². The SMILES string of the molecule is CN1C(=O)C(=O)c2cc(CC(=O)O)ccc21. The lowest BCUT2D eigenvalue weighted by molar-refractivity contribution is -0.136. The molecule has 0 spiro atoms. The van der Waals surface area contributed by atoms with Crippen LogP contribution < -0.4 is 4.90 Å². The van der Waals surface area contributed by atoms with Gasteiger partial charge in [-0.05, 0) is 17.7 Å². The molecule has 1 aromatic carbocycles. The van der Waals surface area contributed by atoms with Crippen molar-refractivity contribution in [1.29, 1.82) is 0 Å². The van der Waals surface area contributed by atoms with Gasteiger partial charge in [0, 0.05) is 7.05 Å². The monoisotopic (exact) mass is 219 g/mol. The number of aliphatic carboxylic acids is 1. The lowest BCUT2D eigenvalue weighted by Gasteiger charge is -2.08. The number of benzene rings is 1. The summed E-state index contributed by atoms with van der Waals surface area (Å²) in [5.74, 6) is -2.13. The van der Waals surface area contributed by atoms with Crippen molar-refractivity contribution in [2.24, 2.45) is 0 Å². The van der Waals surface area contributed by atoms with Gasteiger partial charge in [-0.1, -0.05) is 6.07 Å². The smallest absolute Gasteiger partial charge is 0.307 e. The van der Waals surface area contributed by atoms with Crippen molar-refractivity contribution in [3.63, 3.8) is 0 Å². The van der Waals surface area contributed by atoms with Crippen LogP contribution in [-0.2, 0) is 16.0 Å². The molecule has 5 heteroatoms. The first-order valence-electron chi connectivity index (χ1n) is 4.68. The van der Waals surface area contributed by atoms with Gasteiger partial charge in [-0.25, -0.2) is 0 Å². The molecule has 5 nitrogen and oxygen atoms in total. The zero-order valence-electron chi connectivity index (χ0n) is 8.56. The van der Waals surface area contributed by atoms with Crippen LogP contribution in [0.2, 0.25) is 0 Å². The van der Waals surface area contributed by atoms with Crippen molar-refractivity contribution < 1.29 is 19.5 Å². The molecule has 0 saturated heterocycles. The Labute approximate surface area is 91.3 Å². The maximum absolute atomic E-state index is 11.5. The van der Waals surface area contributed by atoms with Crippen molar-refractivity contribution in [2.75, 3.05) is 11.9 Å². The maximum Gasteiger partial charge on any atom is 0.307 e. The Morgan fingerprint density at radius 3 is 2.69 bits per heavy atom. The number of amides is 1. The second-order valence-electron chi connectivity index (χ2n) is 3.62. The van der Waals surface area contributed by atoms with E-state index in [-0.39, 0.29) is 12.0 Å². The molecule has 1 aliphatic heterocycles. The Bertz CT molecular complexity index is 507. The third-order valence-electron chi connectivity index (χ3n) is 2.52. The van der Waals surface area contributed by atoms with Crippen LogP contribution in [-0.4, -0.2) is 29.8 Å². The first kappa shape index (κ1) is 10.4. The van der Waals surface area contributed by atoms with E-state index < -0.39 is 17.7 Å². The zero-order chi connectivity index (χ0) is 11.9. The first-order valence-corrected chi connectivity index (χ1v) is 4.68. The second kappa shape index (κ2) is 3.44. The molecule has 1 amide bonds. The molecule has 0 atom stereocenters. The highest BCUT2D eigenvalue weighted by Crippen LogP contribution is 2.28. The topological polar surface area (TPSA) is 74.7 Å². The molecule has 0 unspecified atom stereocenters. The predicted octanol–water partition coefficient (Wildman–Crippen LogP) is 0.473. The molecule has 0 saturated carbocycles. The molecule has 0 bridgehead atoms. The van der Waals surface area contributed by atoms with E-state index in [0.29, 0.717) is 11.3 Å². The van der Waals surface area contributed by atoms with Crippen molar-refractivity contribution in [3.05, 3.63) is 29.3 Å². The van der Waals surface area contributed by atoms with E-state index in [1.165, 1.54) is 18.0 Å². The summed E-state index contributed by atoms with van der Waals surface area (Å²) in [4.78, 5) is 34.6. The number of carbonyl (C=O) groups excluding carboxylic acids is 2. The Morgan fingerprint density at radius 2 is 2.06 bits per heavy atom. The number of carbonyl (C=O) groups is 3. The van der Waals surface area contributed by atoms with E-state index in [1.807, 2.05) is 0 Å². The molecular weight excluding hydrogens is 210 g/mol. The minimum absolute atomic E-state index is 0.154. The van der Waals surface area contributed by atoms with E-state index in [2.05, 4.69) is 0 Å². The van der Waals surface area contributed by atoms with Gasteiger partial charge in [0.15, 0.2) is 0 Å². The van der Waals surface area contributed by atoms with Crippen LogP contribution in [0.25, 0.3) is 0 Å². The van der Waals surface area contributed by atoms with Crippen molar-refractivity contribution in [3.8, 4) is 0 Å². The third kappa shape index (κ3) is 1.46. The van der Waals surface area contributed by atoms with Gasteiger partial charge in [0.1, 0.15) is 0 Å². The number of anilines is 1. The molecule has 1 N–H and O–H groups in total. The highest BCUT2D eigenvalue weighted by atomic mass is 16.4. The molecule has 1 aromatic rings. The van der Waals surface area contributed by atoms with Gasteiger partial charge in [0.05, 0.1) is 17.7 Å². The fourth-order valence-corrected chi connectivity index (χ4v) is 1.72. The Kier molecular flexibility index (Phi) is 2.23. The third-order valence-corrected chi connectivity index (χ3v) is 2.52. The van der Waals surface area contributed by atoms with Gasteiger partial charge in [-0.2, -0.15) is 0 Å². The molecule has 16 heavy (non-hydrogen) atoms. The molecule has 0 radical (unpaired) electrons. The van der Waals surface area contributed by atoms with Crippen molar-refractivity contribution in [1.82, 2.24) is 0 Å². The quantitative estimate of drug-likeness (QED) is 0.734. The number of carboxylic acids is 1. The number of ketones is 1. The zero-order valence-corrected chi connectivity index (χ0v) is 8.56. The summed E-state index contributed by atoms with van der Waals surface area (Å²) in [5, 5.41) is 8.62. The van der Waals surface area contributed by atoms with Crippen LogP contribution in [0.4, 0.5) is 5.69 Å². The van der Waals surface area contributed by atoms with Crippen LogP contribution in [0, 0.1) is 0 Å². The normalized spacial score (nSPS) is 14.2. The van der Waals surface area contributed by atoms with Crippen molar-refractivity contribution >= 4 is 23.3 Å². The molecular formula is C11H9NO4. The van der Waals surface area contributed by atoms with E-state index in [1.54, 1.807) is 12.1 Å². The number of likely N-dealkylation sites (N-methyl/N-ethyl adjacent to an activating group) is 1. The summed E-state index contributed by atoms with van der Waals surface area (Å²) in [6, 6.07) is 4.67. The Hall–Kier alpha value is -2.17. The van der Waals surface area contributed by atoms with Crippen LogP contribution in [0.5, 0.6) is 0 Å². The standard InChI is InChI=1S/C11H9NO4/c1-12-8-3-2-6(5-9(13)14)4-7(8)10(15)11(12)16/h2-4H,5H2,1H3,(H,13,14). The molecule has 82 valence electrons. The van der Waals surface area contributed by atoms with E-state index >= 15 is 0 Å². The summed E-state index contributed by atoms with van der Waals surface area (Å²) < 4.78 is 0. The first-order chi connectivity index (χ1) is 7.50. The number of fused-ring (bicyclic) bond motifs is 1. The van der Waals surface area contributed by atoms with Crippen LogP contribution in [0.15, 0.2) is 18.2 Å². The number of rotatable bonds is 2. The van der Waals surface area contributed by atoms with Gasteiger partial charge < -0.3 is 10.0 Å². The minimum Gasteiger partial charge on any atom is -0.481 e. The number of hydrogen-bond acceptors (Lipinski definition) is 3. The molecule has 0 aromatic heterocycles. The molecule has 1 heterocycles. The lowest BCUT2D eigenvalue weighted by Crippen LogP contribution is -2.24. The van der Waals surface area contributed by atoms with Crippen LogP contribution >= 0.6 is 0 Å². The van der Waals surface area contributed by atoms with Gasteiger partial charge in [-0.3, -0.25) is 14.4 Å². The predicted molar refractivity (Wildman–Crippen MR) is 55.5 cm³/mol. The molecule has 0 aliphatic carbocycles. The fourth-order valence-electron chi connectivity index (χ4n) is 1.72. The van der Waals surface area contributed by atoms with E-state index in [4.69, 9.17) is 5.11 Å². The number of Topliss-reactive ketones (excluding diaryl/α,β-unsaturated/α-hetero) is 1. The number of carboxylic acid groups (broad SMARTS) is 1. The van der Waals surface area contributed by atoms with E-state index in [0.717, 1.165) is 0 Å². The maximum atomic E-state index is 11.5. The minimum atomic E-state index is -0.968. The van der Waals surface area contributed by atoms with Gasteiger partial charge in [0.25, 0.3) is 11.7 Å². The van der Waals surface area contributed by atoms with Crippen LogP contribution in [0.3, 0.4) is 0 Å². The summed E-state index contributed by atoms with van der Waals surface area (Å²) in [5.41, 5.74) is 1.33. The highest BCUT2D eigenvalue weighted by molar-refractivity contribution is 6.52. The number of nitrogens with zero attached hydrogens (tertiary/aromatic N) is 1. The lowest BCUT2D eigenvalue weighted by atomic mass is 10.1. The van der Waals surface area contributed by atoms with Gasteiger partial charge in [-0.15, -0.1) is 0 Å². The summed E-state index contributed by atoms with van der Waals surface area (Å²) >= 11 is 0. The van der Waals surface area contributed by atoms with E-state index in [9.17, 15) is 14.4 Å². The Balaban J connectivity index is 2.45. The molecule has 0 fully saturated rings. The van der Waals surface area contributed by atoms with Gasteiger partial charge in [0.2, 0.25) is 0 Å². The highest BCUT2D eigenvalue weighted by Gasteiger charge is 2.33. The average molecular weight is 219 g/mol. The van der Waals surface area contributed by atoms with Crippen molar-refractivity contribution in [2.45, 2.75) is 6.42 Å². The average Bonchev–Trinajstić information content (AvgIpc) is 2.43. The summed E-state index contributed by atoms with van der Waals surface area (Å²) in [6.45, 7) is 0. The molecule has 2 rings (SSSR count). The molecule has 1 aliphatic rings. The van der Waals surface area contributed by atoms with Crippen LogP contribution in [0.1, 0.15) is 15.9 Å². The largest absolute Gasteiger partial charge is 0.481 e.